The fraction of sp³-hybridized carbons (Fsp3) is 0.318. The summed E-state index contributed by atoms with van der Waals surface area (Å²) in [6, 6.07) is 11.3. The molecule has 1 saturated heterocycles. The molecule has 1 aliphatic carbocycles. The van der Waals surface area contributed by atoms with Crippen LogP contribution in [-0.2, 0) is 4.74 Å². The summed E-state index contributed by atoms with van der Waals surface area (Å²) in [6.07, 6.45) is 14.1. The number of hydrogen-bond acceptors (Lipinski definition) is 2. The second-order valence-electron chi connectivity index (χ2n) is 5.80. The van der Waals surface area contributed by atoms with E-state index in [-0.39, 0.29) is 0 Å². The smallest absolute Gasteiger partial charge is 0.126 e. The van der Waals surface area contributed by atoms with Gasteiger partial charge in [0.25, 0.3) is 0 Å². The highest BCUT2D eigenvalue weighted by molar-refractivity contribution is 5.24. The van der Waals surface area contributed by atoms with Gasteiger partial charge < -0.3 is 9.64 Å². The molecule has 1 heterocycles. The Morgan fingerprint density at radius 3 is 2.71 bits per heavy atom. The van der Waals surface area contributed by atoms with E-state index in [1.54, 1.807) is 13.2 Å². The number of benzene rings is 1. The molecule has 0 bridgehead atoms. The predicted octanol–water partition coefficient (Wildman–Crippen LogP) is 5.55. The second kappa shape index (κ2) is 9.64. The molecular weight excluding hydrogens is 294 g/mol. The largest absolute Gasteiger partial charge is 0.496 e. The summed E-state index contributed by atoms with van der Waals surface area (Å²) in [5, 5.41) is 0. The lowest BCUT2D eigenvalue weighted by Crippen LogP contribution is -2.21. The molecule has 1 fully saturated rings. The first-order chi connectivity index (χ1) is 11.8. The Bertz CT molecular complexity index is 660. The maximum Gasteiger partial charge on any atom is 0.126 e. The molecule has 0 N–H and O–H groups in total. The van der Waals surface area contributed by atoms with Crippen LogP contribution in [0.5, 0.6) is 0 Å². The molecule has 0 aromatic heterocycles. The van der Waals surface area contributed by atoms with Gasteiger partial charge in [-0.25, -0.2) is 0 Å². The summed E-state index contributed by atoms with van der Waals surface area (Å²) in [7, 11) is 1.64. The first-order valence-electron chi connectivity index (χ1n) is 8.56. The van der Waals surface area contributed by atoms with Crippen LogP contribution >= 0.6 is 0 Å². The summed E-state index contributed by atoms with van der Waals surface area (Å²) in [5.74, 6) is 0.833. The molecule has 1 atom stereocenters. The SMILES string of the molecule is CC=C1CCCN1C(C)c1ccccc1.COC1=CC=CC=C=C1. The van der Waals surface area contributed by atoms with E-state index in [9.17, 15) is 0 Å². The molecule has 2 nitrogen and oxygen atoms in total. The Morgan fingerprint density at radius 2 is 2.00 bits per heavy atom. The van der Waals surface area contributed by atoms with Crippen LogP contribution in [-0.4, -0.2) is 18.6 Å². The van der Waals surface area contributed by atoms with Gasteiger partial charge in [0.15, 0.2) is 0 Å². The first kappa shape index (κ1) is 17.9. The van der Waals surface area contributed by atoms with Crippen molar-refractivity contribution in [1.29, 1.82) is 0 Å². The second-order valence-corrected chi connectivity index (χ2v) is 5.80. The van der Waals surface area contributed by atoms with Crippen molar-refractivity contribution in [2.75, 3.05) is 13.7 Å². The van der Waals surface area contributed by atoms with Crippen molar-refractivity contribution < 1.29 is 4.74 Å². The molecule has 1 aromatic rings. The van der Waals surface area contributed by atoms with E-state index in [0.717, 1.165) is 5.76 Å². The summed E-state index contributed by atoms with van der Waals surface area (Å²) in [6.45, 7) is 5.64. The van der Waals surface area contributed by atoms with E-state index in [1.165, 1.54) is 30.6 Å². The third-order valence-electron chi connectivity index (χ3n) is 4.31. The summed E-state index contributed by atoms with van der Waals surface area (Å²) in [4.78, 5) is 2.52. The molecule has 0 amide bonds. The standard InChI is InChI=1S/C14H19N.C8H8O/c1-3-14-10-7-11-15(14)12(2)13-8-5-4-6-9-13;1-9-8-6-4-2-3-5-7-8/h3-6,8-9,12H,7,10-11H2,1-2H3;2-4,6-7H,1H3. The minimum atomic E-state index is 0.514. The van der Waals surface area contributed by atoms with Gasteiger partial charge in [0.2, 0.25) is 0 Å². The molecule has 1 aliphatic heterocycles. The Balaban J connectivity index is 0.000000198. The molecule has 1 unspecified atom stereocenters. The Labute approximate surface area is 146 Å². The highest BCUT2D eigenvalue weighted by Gasteiger charge is 2.21. The van der Waals surface area contributed by atoms with Crippen LogP contribution in [0.3, 0.4) is 0 Å². The fourth-order valence-corrected chi connectivity index (χ4v) is 2.95. The number of rotatable bonds is 3. The number of allylic oxidation sites excluding steroid dienone is 6. The molecule has 2 heteroatoms. The van der Waals surface area contributed by atoms with Crippen molar-refractivity contribution in [3.8, 4) is 0 Å². The zero-order chi connectivity index (χ0) is 17.2. The zero-order valence-corrected chi connectivity index (χ0v) is 14.9. The first-order valence-corrected chi connectivity index (χ1v) is 8.56. The predicted molar refractivity (Wildman–Crippen MR) is 101 cm³/mol. The molecule has 0 spiro atoms. The van der Waals surface area contributed by atoms with E-state index in [0.29, 0.717) is 6.04 Å². The monoisotopic (exact) mass is 321 g/mol. The van der Waals surface area contributed by atoms with Gasteiger partial charge in [0.05, 0.1) is 13.2 Å². The topological polar surface area (TPSA) is 12.5 Å². The lowest BCUT2D eigenvalue weighted by atomic mass is 10.1. The lowest BCUT2D eigenvalue weighted by molar-refractivity contribution is 0.307. The Hall–Kier alpha value is -2.44. The lowest BCUT2D eigenvalue weighted by Gasteiger charge is -2.28. The molecule has 3 rings (SSSR count). The van der Waals surface area contributed by atoms with Gasteiger partial charge in [-0.15, -0.1) is 5.73 Å². The minimum absolute atomic E-state index is 0.514. The van der Waals surface area contributed by atoms with Gasteiger partial charge in [0, 0.05) is 18.3 Å². The van der Waals surface area contributed by atoms with Crippen LogP contribution in [0.25, 0.3) is 0 Å². The van der Waals surface area contributed by atoms with Crippen LogP contribution in [0.2, 0.25) is 0 Å². The average Bonchev–Trinajstić information content (AvgIpc) is 2.96. The Morgan fingerprint density at radius 1 is 1.21 bits per heavy atom. The summed E-state index contributed by atoms with van der Waals surface area (Å²) in [5.41, 5.74) is 5.84. The highest BCUT2D eigenvalue weighted by Crippen LogP contribution is 2.31. The molecule has 1 aromatic carbocycles. The van der Waals surface area contributed by atoms with Crippen LogP contribution in [0.15, 0.2) is 84.0 Å². The van der Waals surface area contributed by atoms with E-state index >= 15 is 0 Å². The number of nitrogens with zero attached hydrogens (tertiary/aromatic N) is 1. The number of hydrogen-bond donors (Lipinski definition) is 0. The van der Waals surface area contributed by atoms with Crippen LogP contribution in [0.4, 0.5) is 0 Å². The third-order valence-corrected chi connectivity index (χ3v) is 4.31. The normalized spacial score (nSPS) is 18.7. The Kier molecular flexibility index (Phi) is 7.20. The molecule has 2 aliphatic rings. The van der Waals surface area contributed by atoms with E-state index in [4.69, 9.17) is 4.74 Å². The molecule has 24 heavy (non-hydrogen) atoms. The van der Waals surface area contributed by atoms with E-state index in [2.05, 4.69) is 60.9 Å². The molecule has 126 valence electrons. The molecule has 0 radical (unpaired) electrons. The number of ether oxygens (including phenoxy) is 1. The van der Waals surface area contributed by atoms with Gasteiger partial charge >= 0.3 is 0 Å². The van der Waals surface area contributed by atoms with Crippen LogP contribution in [0, 0.1) is 0 Å². The van der Waals surface area contributed by atoms with Gasteiger partial charge in [-0.2, -0.15) is 0 Å². The van der Waals surface area contributed by atoms with Gasteiger partial charge in [-0.05, 0) is 44.4 Å². The number of likely N-dealkylation sites (tertiary alicyclic amines) is 1. The minimum Gasteiger partial charge on any atom is -0.496 e. The van der Waals surface area contributed by atoms with Crippen molar-refractivity contribution in [3.05, 3.63) is 89.5 Å². The third kappa shape index (κ3) is 5.04. The molecular formula is C22H27NO. The highest BCUT2D eigenvalue weighted by atomic mass is 16.5. The van der Waals surface area contributed by atoms with Crippen molar-refractivity contribution in [3.63, 3.8) is 0 Å². The molecule has 0 saturated carbocycles. The van der Waals surface area contributed by atoms with Crippen LogP contribution < -0.4 is 0 Å². The maximum atomic E-state index is 4.94. The zero-order valence-electron chi connectivity index (χ0n) is 14.9. The van der Waals surface area contributed by atoms with E-state index < -0.39 is 0 Å². The summed E-state index contributed by atoms with van der Waals surface area (Å²) >= 11 is 0. The van der Waals surface area contributed by atoms with Gasteiger partial charge in [-0.3, -0.25) is 0 Å². The van der Waals surface area contributed by atoms with Crippen LogP contribution in [0.1, 0.15) is 38.3 Å². The van der Waals surface area contributed by atoms with Gasteiger partial charge in [0.1, 0.15) is 5.76 Å². The van der Waals surface area contributed by atoms with Crippen molar-refractivity contribution in [1.82, 2.24) is 4.90 Å². The van der Waals surface area contributed by atoms with Gasteiger partial charge in [-0.1, -0.05) is 48.6 Å². The maximum absolute atomic E-state index is 4.94. The number of methoxy groups -OCH3 is 1. The average molecular weight is 321 g/mol. The van der Waals surface area contributed by atoms with Crippen molar-refractivity contribution in [2.24, 2.45) is 0 Å². The summed E-state index contributed by atoms with van der Waals surface area (Å²) < 4.78 is 4.94. The van der Waals surface area contributed by atoms with Crippen molar-refractivity contribution >= 4 is 0 Å². The quantitative estimate of drug-likeness (QED) is 0.677. The van der Waals surface area contributed by atoms with Crippen molar-refractivity contribution in [2.45, 2.75) is 32.7 Å². The van der Waals surface area contributed by atoms with E-state index in [1.807, 2.05) is 24.3 Å². The fourth-order valence-electron chi connectivity index (χ4n) is 2.95.